The number of carbonyl (C=O) groups is 1. The Labute approximate surface area is 106 Å². The van der Waals surface area contributed by atoms with Crippen molar-refractivity contribution in [2.45, 2.75) is 39.4 Å². The van der Waals surface area contributed by atoms with Gasteiger partial charge in [-0.05, 0) is 19.8 Å². The van der Waals surface area contributed by atoms with Crippen LogP contribution in [-0.4, -0.2) is 49.1 Å². The van der Waals surface area contributed by atoms with Gasteiger partial charge in [-0.1, -0.05) is 6.92 Å². The molecule has 0 aromatic rings. The molecule has 1 fully saturated rings. The molecule has 4 atom stereocenters. The topological polar surface area (TPSA) is 55.6 Å². The number of ether oxygens (including phenoxy) is 1. The first-order chi connectivity index (χ1) is 8.38. The zero-order valence-corrected chi connectivity index (χ0v) is 11.1. The number of halogens is 2. The Morgan fingerprint density at radius 1 is 1.33 bits per heavy atom. The first kappa shape index (κ1) is 15.3. The second kappa shape index (κ2) is 6.43. The van der Waals surface area contributed by atoms with E-state index in [0.29, 0.717) is 0 Å². The minimum Gasteiger partial charge on any atom is -0.374 e. The fraction of sp³-hybridized carbons (Fsp3) is 0.917. The Kier molecular flexibility index (Phi) is 5.47. The van der Waals surface area contributed by atoms with Crippen LogP contribution < -0.4 is 5.73 Å². The first-order valence-electron chi connectivity index (χ1n) is 6.31. The smallest absolute Gasteiger partial charge is 0.255 e. The van der Waals surface area contributed by atoms with Gasteiger partial charge in [-0.3, -0.25) is 4.79 Å². The molecular weight excluding hydrogens is 242 g/mol. The first-order valence-corrected chi connectivity index (χ1v) is 6.31. The van der Waals surface area contributed by atoms with E-state index in [1.165, 1.54) is 0 Å². The van der Waals surface area contributed by atoms with E-state index in [1.807, 2.05) is 20.8 Å². The van der Waals surface area contributed by atoms with E-state index in [4.69, 9.17) is 10.5 Å². The highest BCUT2D eigenvalue weighted by Crippen LogP contribution is 2.33. The van der Waals surface area contributed by atoms with Gasteiger partial charge in [0, 0.05) is 13.1 Å². The molecule has 0 saturated carbocycles. The summed E-state index contributed by atoms with van der Waals surface area (Å²) in [4.78, 5) is 13.5. The van der Waals surface area contributed by atoms with Crippen molar-refractivity contribution in [3.63, 3.8) is 0 Å². The van der Waals surface area contributed by atoms with Gasteiger partial charge < -0.3 is 15.4 Å². The van der Waals surface area contributed by atoms with E-state index in [1.54, 1.807) is 0 Å². The molecule has 1 saturated heterocycles. The third-order valence-corrected chi connectivity index (χ3v) is 3.60. The summed E-state index contributed by atoms with van der Waals surface area (Å²) in [5, 5.41) is 0. The molecule has 0 aromatic heterocycles. The highest BCUT2D eigenvalue weighted by Gasteiger charge is 2.43. The Hall–Kier alpha value is -0.750. The third-order valence-electron chi connectivity index (χ3n) is 3.60. The highest BCUT2D eigenvalue weighted by atomic mass is 19.3. The summed E-state index contributed by atoms with van der Waals surface area (Å²) < 4.78 is 30.5. The number of hydrogen-bond donors (Lipinski definition) is 1. The van der Waals surface area contributed by atoms with Gasteiger partial charge in [-0.15, -0.1) is 0 Å². The quantitative estimate of drug-likeness (QED) is 0.809. The molecule has 1 rings (SSSR count). The number of carbonyl (C=O) groups excluding carboxylic acids is 1. The maximum absolute atomic E-state index is 12.5. The number of amides is 1. The highest BCUT2D eigenvalue weighted by molar-refractivity contribution is 5.80. The zero-order chi connectivity index (χ0) is 13.9. The normalized spacial score (nSPS) is 31.9. The van der Waals surface area contributed by atoms with Gasteiger partial charge in [-0.2, -0.15) is 0 Å². The molecule has 1 aliphatic heterocycles. The van der Waals surface area contributed by atoms with Crippen molar-refractivity contribution in [1.82, 2.24) is 4.90 Å². The Bertz CT molecular complexity index is 289. The lowest BCUT2D eigenvalue weighted by molar-refractivity contribution is -0.139. The minimum absolute atomic E-state index is 0.0276. The number of hydrogen-bond acceptors (Lipinski definition) is 3. The van der Waals surface area contributed by atoms with E-state index in [-0.39, 0.29) is 43.0 Å². The van der Waals surface area contributed by atoms with E-state index in [9.17, 15) is 13.6 Å². The van der Waals surface area contributed by atoms with Gasteiger partial charge in [0.15, 0.2) is 0 Å². The van der Waals surface area contributed by atoms with Crippen molar-refractivity contribution in [2.75, 3.05) is 19.6 Å². The molecule has 0 aliphatic carbocycles. The number of rotatable bonds is 5. The Balaban J connectivity index is 2.75. The molecule has 0 radical (unpaired) electrons. The van der Waals surface area contributed by atoms with Crippen LogP contribution in [0, 0.1) is 11.8 Å². The van der Waals surface area contributed by atoms with Crippen LogP contribution in [0.1, 0.15) is 20.8 Å². The SMILES string of the molecule is CC1OC(C)C(C(=O)N(CCN)CC(F)F)C1C. The fourth-order valence-electron chi connectivity index (χ4n) is 2.52. The van der Waals surface area contributed by atoms with Crippen molar-refractivity contribution in [2.24, 2.45) is 17.6 Å². The van der Waals surface area contributed by atoms with Crippen molar-refractivity contribution >= 4 is 5.91 Å². The molecule has 0 spiro atoms. The summed E-state index contributed by atoms with van der Waals surface area (Å²) in [6, 6.07) is 0. The second-order valence-electron chi connectivity index (χ2n) is 4.90. The number of nitrogens with zero attached hydrogens (tertiary/aromatic N) is 1. The maximum atomic E-state index is 12.5. The minimum atomic E-state index is -2.54. The van der Waals surface area contributed by atoms with E-state index in [2.05, 4.69) is 0 Å². The molecule has 1 heterocycles. The molecule has 1 aliphatic rings. The third kappa shape index (κ3) is 3.38. The van der Waals surface area contributed by atoms with Crippen molar-refractivity contribution in [3.05, 3.63) is 0 Å². The van der Waals surface area contributed by atoms with Gasteiger partial charge in [0.25, 0.3) is 6.43 Å². The summed E-state index contributed by atoms with van der Waals surface area (Å²) in [5.74, 6) is -0.596. The molecule has 0 bridgehead atoms. The second-order valence-corrected chi connectivity index (χ2v) is 4.90. The average molecular weight is 264 g/mol. The van der Waals surface area contributed by atoms with Crippen LogP contribution in [0.2, 0.25) is 0 Å². The number of alkyl halides is 2. The Morgan fingerprint density at radius 3 is 2.33 bits per heavy atom. The van der Waals surface area contributed by atoms with Gasteiger partial charge in [0.05, 0.1) is 24.7 Å². The van der Waals surface area contributed by atoms with E-state index >= 15 is 0 Å². The molecular formula is C12H22F2N2O2. The lowest BCUT2D eigenvalue weighted by atomic mass is 9.88. The molecule has 1 amide bonds. The van der Waals surface area contributed by atoms with Crippen LogP contribution >= 0.6 is 0 Å². The van der Waals surface area contributed by atoms with E-state index < -0.39 is 13.0 Å². The summed E-state index contributed by atoms with van der Waals surface area (Å²) in [6.07, 6.45) is -2.80. The molecule has 2 N–H and O–H groups in total. The largest absolute Gasteiger partial charge is 0.374 e. The van der Waals surface area contributed by atoms with Crippen LogP contribution in [0.15, 0.2) is 0 Å². The predicted molar refractivity (Wildman–Crippen MR) is 64.3 cm³/mol. The predicted octanol–water partition coefficient (Wildman–Crippen LogP) is 1.10. The van der Waals surface area contributed by atoms with E-state index in [0.717, 1.165) is 4.90 Å². The van der Waals surface area contributed by atoms with Gasteiger partial charge in [0.2, 0.25) is 5.91 Å². The van der Waals surface area contributed by atoms with Crippen LogP contribution in [0.3, 0.4) is 0 Å². The lowest BCUT2D eigenvalue weighted by Gasteiger charge is -2.27. The molecule has 0 aromatic carbocycles. The van der Waals surface area contributed by atoms with Crippen LogP contribution in [0.4, 0.5) is 8.78 Å². The maximum Gasteiger partial charge on any atom is 0.255 e. The summed E-state index contributed by atoms with van der Waals surface area (Å²) in [5.41, 5.74) is 5.37. The van der Waals surface area contributed by atoms with Crippen LogP contribution in [-0.2, 0) is 9.53 Å². The van der Waals surface area contributed by atoms with Gasteiger partial charge >= 0.3 is 0 Å². The molecule has 18 heavy (non-hydrogen) atoms. The number of nitrogens with two attached hydrogens (primary N) is 1. The van der Waals surface area contributed by atoms with Crippen molar-refractivity contribution in [3.8, 4) is 0 Å². The van der Waals surface area contributed by atoms with Crippen molar-refractivity contribution < 1.29 is 18.3 Å². The molecule has 6 heteroatoms. The van der Waals surface area contributed by atoms with Gasteiger partial charge in [0.1, 0.15) is 0 Å². The molecule has 106 valence electrons. The average Bonchev–Trinajstić information content (AvgIpc) is 2.51. The monoisotopic (exact) mass is 264 g/mol. The molecule has 4 unspecified atom stereocenters. The summed E-state index contributed by atoms with van der Waals surface area (Å²) >= 11 is 0. The van der Waals surface area contributed by atoms with Crippen molar-refractivity contribution in [1.29, 1.82) is 0 Å². The van der Waals surface area contributed by atoms with Crippen LogP contribution in [0.5, 0.6) is 0 Å². The fourth-order valence-corrected chi connectivity index (χ4v) is 2.52. The Morgan fingerprint density at radius 2 is 1.94 bits per heavy atom. The van der Waals surface area contributed by atoms with Crippen LogP contribution in [0.25, 0.3) is 0 Å². The summed E-state index contributed by atoms with van der Waals surface area (Å²) in [6.45, 7) is 5.42. The summed E-state index contributed by atoms with van der Waals surface area (Å²) in [7, 11) is 0. The molecule has 4 nitrogen and oxygen atoms in total. The standard InChI is InChI=1S/C12H22F2N2O2/c1-7-8(2)18-9(3)11(7)12(17)16(5-4-15)6-10(13)14/h7-11H,4-6,15H2,1-3H3. The van der Waals surface area contributed by atoms with Gasteiger partial charge in [-0.25, -0.2) is 8.78 Å². The zero-order valence-electron chi connectivity index (χ0n) is 11.1. The lowest BCUT2D eigenvalue weighted by Crippen LogP contribution is -2.45.